The van der Waals surface area contributed by atoms with Crippen LogP contribution in [0, 0.1) is 5.82 Å². The Labute approximate surface area is 174 Å². The maximum atomic E-state index is 14.3. The molecule has 2 aromatic carbocycles. The molecule has 1 aliphatic rings. The van der Waals surface area contributed by atoms with Crippen LogP contribution in [0.5, 0.6) is 5.75 Å². The van der Waals surface area contributed by atoms with Crippen molar-refractivity contribution in [3.05, 3.63) is 66.1 Å². The average Bonchev–Trinajstić information content (AvgIpc) is 3.38. The number of hydrogen-bond donors (Lipinski definition) is 1. The fourth-order valence-electron chi connectivity index (χ4n) is 3.36. The Kier molecular flexibility index (Phi) is 5.94. The molecule has 8 heteroatoms. The van der Waals surface area contributed by atoms with Gasteiger partial charge in [-0.1, -0.05) is 12.1 Å². The van der Waals surface area contributed by atoms with Crippen LogP contribution in [0.2, 0.25) is 0 Å². The normalized spacial score (nSPS) is 13.5. The van der Waals surface area contributed by atoms with Gasteiger partial charge in [0.25, 0.3) is 0 Å². The number of nitrogens with one attached hydrogen (secondary N) is 1. The monoisotopic (exact) mass is 410 g/mol. The number of ether oxygens (including phenoxy) is 2. The lowest BCUT2D eigenvalue weighted by molar-refractivity contribution is 0.158. The van der Waals surface area contributed by atoms with Crippen molar-refractivity contribution in [1.82, 2.24) is 20.0 Å². The van der Waals surface area contributed by atoms with E-state index in [1.54, 1.807) is 34.9 Å². The minimum absolute atomic E-state index is 0.275. The molecule has 1 fully saturated rings. The summed E-state index contributed by atoms with van der Waals surface area (Å²) in [6.45, 7) is 2.76. The molecular formula is C22H23FN4O3. The van der Waals surface area contributed by atoms with Gasteiger partial charge in [0.2, 0.25) is 0 Å². The highest BCUT2D eigenvalue weighted by molar-refractivity contribution is 5.69. The van der Waals surface area contributed by atoms with Gasteiger partial charge in [0, 0.05) is 37.0 Å². The van der Waals surface area contributed by atoms with Crippen LogP contribution in [0.3, 0.4) is 0 Å². The second kappa shape index (κ2) is 8.96. The largest absolute Gasteiger partial charge is 0.497 e. The average molecular weight is 410 g/mol. The number of carbonyl (C=O) groups is 1. The van der Waals surface area contributed by atoms with Crippen molar-refractivity contribution in [1.29, 1.82) is 0 Å². The van der Waals surface area contributed by atoms with Gasteiger partial charge in [-0.2, -0.15) is 5.10 Å². The number of methoxy groups -OCH3 is 1. The van der Waals surface area contributed by atoms with Crippen molar-refractivity contribution in [2.45, 2.75) is 6.54 Å². The van der Waals surface area contributed by atoms with Gasteiger partial charge in [0.1, 0.15) is 23.9 Å². The van der Waals surface area contributed by atoms with Gasteiger partial charge in [0.05, 0.1) is 19.3 Å². The van der Waals surface area contributed by atoms with Crippen molar-refractivity contribution < 1.29 is 18.7 Å². The molecule has 0 saturated carbocycles. The van der Waals surface area contributed by atoms with Crippen molar-refractivity contribution in [3.63, 3.8) is 0 Å². The highest BCUT2D eigenvalue weighted by Crippen LogP contribution is 2.26. The van der Waals surface area contributed by atoms with E-state index < -0.39 is 0 Å². The lowest BCUT2D eigenvalue weighted by atomic mass is 10.1. The van der Waals surface area contributed by atoms with Crippen LogP contribution in [-0.4, -0.2) is 54.1 Å². The van der Waals surface area contributed by atoms with Gasteiger partial charge >= 0.3 is 6.09 Å². The molecule has 0 spiro atoms. The second-order valence-corrected chi connectivity index (χ2v) is 6.91. The quantitative estimate of drug-likeness (QED) is 0.578. The molecule has 156 valence electrons. The summed E-state index contributed by atoms with van der Waals surface area (Å²) in [5, 5.41) is 7.99. The Morgan fingerprint density at radius 3 is 2.70 bits per heavy atom. The Bertz CT molecular complexity index is 1020. The van der Waals surface area contributed by atoms with E-state index in [4.69, 9.17) is 9.47 Å². The number of rotatable bonds is 8. The molecular weight excluding hydrogens is 387 g/mol. The molecule has 0 unspecified atom stereocenters. The van der Waals surface area contributed by atoms with Crippen molar-refractivity contribution in [3.8, 4) is 22.7 Å². The predicted octanol–water partition coefficient (Wildman–Crippen LogP) is 3.23. The molecule has 0 aliphatic carbocycles. The summed E-state index contributed by atoms with van der Waals surface area (Å²) >= 11 is 0. The SMILES string of the molecule is COc1ccc(-c2nn(-c3ccccc3F)cc2CNCCN2CCOC2=O)cc1. The second-order valence-electron chi connectivity index (χ2n) is 6.91. The smallest absolute Gasteiger partial charge is 0.409 e. The molecule has 0 radical (unpaired) electrons. The molecule has 4 rings (SSSR count). The van der Waals surface area contributed by atoms with Crippen molar-refractivity contribution in [2.24, 2.45) is 0 Å². The lowest BCUT2D eigenvalue weighted by Gasteiger charge is -2.12. The predicted molar refractivity (Wildman–Crippen MR) is 110 cm³/mol. The summed E-state index contributed by atoms with van der Waals surface area (Å²) in [5.74, 6) is 0.415. The molecule has 2 heterocycles. The van der Waals surface area contributed by atoms with Crippen molar-refractivity contribution in [2.75, 3.05) is 33.4 Å². The summed E-state index contributed by atoms with van der Waals surface area (Å²) < 4.78 is 26.0. The standard InChI is InChI=1S/C22H23FN4O3/c1-29-18-8-6-16(7-9-18)21-17(14-24-10-11-26-12-13-30-22(26)28)15-27(25-21)20-5-3-2-4-19(20)23/h2-9,15,24H,10-14H2,1H3. The summed E-state index contributed by atoms with van der Waals surface area (Å²) in [6.07, 6.45) is 1.55. The summed E-state index contributed by atoms with van der Waals surface area (Å²) in [6, 6.07) is 14.1. The fraction of sp³-hybridized carbons (Fsp3) is 0.273. The minimum Gasteiger partial charge on any atom is -0.497 e. The maximum absolute atomic E-state index is 14.3. The summed E-state index contributed by atoms with van der Waals surface area (Å²) in [7, 11) is 1.62. The molecule has 1 saturated heterocycles. The number of benzene rings is 2. The molecule has 1 amide bonds. The molecule has 1 aliphatic heterocycles. The number of nitrogens with zero attached hydrogens (tertiary/aromatic N) is 3. The number of halogens is 1. The fourth-order valence-corrected chi connectivity index (χ4v) is 3.36. The zero-order valence-electron chi connectivity index (χ0n) is 16.7. The third kappa shape index (κ3) is 4.28. The first-order chi connectivity index (χ1) is 14.7. The van der Waals surface area contributed by atoms with E-state index in [0.29, 0.717) is 38.5 Å². The molecule has 7 nitrogen and oxygen atoms in total. The molecule has 0 bridgehead atoms. The van der Waals surface area contributed by atoms with Crippen LogP contribution >= 0.6 is 0 Å². The van der Waals surface area contributed by atoms with E-state index in [9.17, 15) is 9.18 Å². The van der Waals surface area contributed by atoms with E-state index >= 15 is 0 Å². The van der Waals surface area contributed by atoms with Gasteiger partial charge in [0.15, 0.2) is 0 Å². The van der Waals surface area contributed by atoms with Crippen molar-refractivity contribution >= 4 is 6.09 Å². The summed E-state index contributed by atoms with van der Waals surface area (Å²) in [4.78, 5) is 13.2. The number of para-hydroxylation sites is 1. The Hall–Kier alpha value is -3.39. The van der Waals surface area contributed by atoms with Crippen LogP contribution in [0.1, 0.15) is 5.56 Å². The highest BCUT2D eigenvalue weighted by Gasteiger charge is 2.21. The van der Waals surface area contributed by atoms with Crippen LogP contribution in [-0.2, 0) is 11.3 Å². The minimum atomic E-state index is -0.340. The topological polar surface area (TPSA) is 68.6 Å². The summed E-state index contributed by atoms with van der Waals surface area (Å²) in [5.41, 5.74) is 2.98. The van der Waals surface area contributed by atoms with E-state index in [1.165, 1.54) is 6.07 Å². The first kappa shape index (κ1) is 19.9. The van der Waals surface area contributed by atoms with Gasteiger partial charge in [-0.25, -0.2) is 13.9 Å². The lowest BCUT2D eigenvalue weighted by Crippen LogP contribution is -2.32. The molecule has 0 atom stereocenters. The van der Waals surface area contributed by atoms with Crippen LogP contribution in [0.15, 0.2) is 54.7 Å². The third-order valence-electron chi connectivity index (χ3n) is 4.97. The van der Waals surface area contributed by atoms with Gasteiger partial charge in [-0.15, -0.1) is 0 Å². The van der Waals surface area contributed by atoms with E-state index in [0.717, 1.165) is 22.6 Å². The Morgan fingerprint density at radius 1 is 1.20 bits per heavy atom. The zero-order chi connectivity index (χ0) is 20.9. The van der Waals surface area contributed by atoms with E-state index in [1.807, 2.05) is 30.5 Å². The molecule has 1 aromatic heterocycles. The Morgan fingerprint density at radius 2 is 2.00 bits per heavy atom. The Balaban J connectivity index is 1.55. The number of aromatic nitrogens is 2. The van der Waals surface area contributed by atoms with E-state index in [2.05, 4.69) is 10.4 Å². The first-order valence-corrected chi connectivity index (χ1v) is 9.76. The zero-order valence-corrected chi connectivity index (χ0v) is 16.7. The number of carbonyl (C=O) groups excluding carboxylic acids is 1. The third-order valence-corrected chi connectivity index (χ3v) is 4.97. The number of amides is 1. The van der Waals surface area contributed by atoms with Crippen LogP contribution in [0.4, 0.5) is 9.18 Å². The molecule has 30 heavy (non-hydrogen) atoms. The number of cyclic esters (lactones) is 1. The maximum Gasteiger partial charge on any atom is 0.409 e. The van der Waals surface area contributed by atoms with Gasteiger partial charge in [-0.3, -0.25) is 0 Å². The first-order valence-electron chi connectivity index (χ1n) is 9.76. The van der Waals surface area contributed by atoms with E-state index in [-0.39, 0.29) is 11.9 Å². The highest BCUT2D eigenvalue weighted by atomic mass is 19.1. The molecule has 1 N–H and O–H groups in total. The number of hydrogen-bond acceptors (Lipinski definition) is 5. The van der Waals surface area contributed by atoms with Gasteiger partial charge in [-0.05, 0) is 36.4 Å². The van der Waals surface area contributed by atoms with Crippen LogP contribution in [0.25, 0.3) is 16.9 Å². The van der Waals surface area contributed by atoms with Crippen LogP contribution < -0.4 is 10.1 Å². The van der Waals surface area contributed by atoms with Gasteiger partial charge < -0.3 is 19.7 Å². The molecule has 3 aromatic rings.